The van der Waals surface area contributed by atoms with Crippen LogP contribution in [0.1, 0.15) is 18.4 Å². The Morgan fingerprint density at radius 3 is 2.60 bits per heavy atom. The van der Waals surface area contributed by atoms with E-state index >= 15 is 0 Å². The largest absolute Gasteiger partial charge is 0.396 e. The highest BCUT2D eigenvalue weighted by molar-refractivity contribution is 6.35. The third kappa shape index (κ3) is 3.90. The number of hydrogen-bond donors (Lipinski definition) is 2. The van der Waals surface area contributed by atoms with Gasteiger partial charge in [-0.25, -0.2) is 0 Å². The number of nitrogens with one attached hydrogen (secondary N) is 1. The van der Waals surface area contributed by atoms with Gasteiger partial charge in [-0.1, -0.05) is 23.2 Å². The summed E-state index contributed by atoms with van der Waals surface area (Å²) >= 11 is 12.0. The van der Waals surface area contributed by atoms with Gasteiger partial charge in [0.05, 0.1) is 10.7 Å². The molecule has 0 bridgehead atoms. The zero-order chi connectivity index (χ0) is 11.3. The second-order valence-electron chi connectivity index (χ2n) is 3.44. The molecule has 15 heavy (non-hydrogen) atoms. The summed E-state index contributed by atoms with van der Waals surface area (Å²) in [6.07, 6.45) is 1.71. The van der Waals surface area contributed by atoms with E-state index in [1.807, 2.05) is 19.1 Å². The summed E-state index contributed by atoms with van der Waals surface area (Å²) in [5.41, 5.74) is 1.83. The van der Waals surface area contributed by atoms with Crippen LogP contribution in [-0.4, -0.2) is 18.3 Å². The maximum Gasteiger partial charge on any atom is 0.0641 e. The molecule has 0 radical (unpaired) electrons. The number of aryl methyl sites for hydroxylation is 1. The lowest BCUT2D eigenvalue weighted by molar-refractivity contribution is 0.286. The number of aliphatic hydroxyl groups is 1. The second-order valence-corrected chi connectivity index (χ2v) is 4.25. The van der Waals surface area contributed by atoms with E-state index < -0.39 is 0 Å². The molecule has 0 atom stereocenters. The van der Waals surface area contributed by atoms with Crippen LogP contribution in [0.3, 0.4) is 0 Å². The van der Waals surface area contributed by atoms with Crippen molar-refractivity contribution >= 4 is 28.9 Å². The van der Waals surface area contributed by atoms with Gasteiger partial charge in [-0.05, 0) is 37.5 Å². The number of unbranched alkanes of at least 4 members (excludes halogenated alkanes) is 1. The SMILES string of the molecule is Cc1cc(Cl)c(NCCCCO)cc1Cl. The van der Waals surface area contributed by atoms with E-state index in [0.29, 0.717) is 10.0 Å². The molecule has 0 aliphatic carbocycles. The van der Waals surface area contributed by atoms with E-state index in [1.165, 1.54) is 0 Å². The quantitative estimate of drug-likeness (QED) is 0.782. The molecule has 0 saturated heterocycles. The first-order valence-corrected chi connectivity index (χ1v) is 5.71. The van der Waals surface area contributed by atoms with Crippen LogP contribution >= 0.6 is 23.2 Å². The molecule has 1 aromatic carbocycles. The van der Waals surface area contributed by atoms with Crippen molar-refractivity contribution in [1.82, 2.24) is 0 Å². The van der Waals surface area contributed by atoms with Crippen LogP contribution in [0.15, 0.2) is 12.1 Å². The Bertz CT molecular complexity index is 329. The van der Waals surface area contributed by atoms with Gasteiger partial charge in [0.2, 0.25) is 0 Å². The first-order valence-electron chi connectivity index (χ1n) is 4.95. The van der Waals surface area contributed by atoms with Gasteiger partial charge in [-0.15, -0.1) is 0 Å². The minimum Gasteiger partial charge on any atom is -0.396 e. The number of hydrogen-bond acceptors (Lipinski definition) is 2. The van der Waals surface area contributed by atoms with E-state index in [-0.39, 0.29) is 6.61 Å². The van der Waals surface area contributed by atoms with Crippen LogP contribution in [-0.2, 0) is 0 Å². The topological polar surface area (TPSA) is 32.3 Å². The lowest BCUT2D eigenvalue weighted by Gasteiger charge is -2.09. The third-order valence-corrected chi connectivity index (χ3v) is 2.87. The Hall–Kier alpha value is -0.440. The zero-order valence-electron chi connectivity index (χ0n) is 8.69. The Kier molecular flexibility index (Phi) is 5.23. The summed E-state index contributed by atoms with van der Waals surface area (Å²) in [6.45, 7) is 2.94. The van der Waals surface area contributed by atoms with Crippen LogP contribution < -0.4 is 5.32 Å². The first kappa shape index (κ1) is 12.6. The molecule has 0 unspecified atom stereocenters. The number of anilines is 1. The van der Waals surface area contributed by atoms with Crippen LogP contribution in [0.2, 0.25) is 10.0 Å². The lowest BCUT2D eigenvalue weighted by atomic mass is 10.2. The monoisotopic (exact) mass is 247 g/mol. The molecule has 0 aliphatic rings. The number of halogens is 2. The van der Waals surface area contributed by atoms with E-state index in [2.05, 4.69) is 5.32 Å². The Morgan fingerprint density at radius 1 is 1.20 bits per heavy atom. The average molecular weight is 248 g/mol. The fraction of sp³-hybridized carbons (Fsp3) is 0.455. The molecule has 0 heterocycles. The summed E-state index contributed by atoms with van der Waals surface area (Å²) in [6, 6.07) is 3.68. The average Bonchev–Trinajstić information content (AvgIpc) is 2.20. The van der Waals surface area contributed by atoms with Crippen molar-refractivity contribution in [3.63, 3.8) is 0 Å². The standard InChI is InChI=1S/C11H15Cl2NO/c1-8-6-10(13)11(7-9(8)12)14-4-2-3-5-15/h6-7,14-15H,2-5H2,1H3. The van der Waals surface area contributed by atoms with Crippen molar-refractivity contribution in [1.29, 1.82) is 0 Å². The lowest BCUT2D eigenvalue weighted by Crippen LogP contribution is -2.03. The van der Waals surface area contributed by atoms with Crippen molar-refractivity contribution in [3.8, 4) is 0 Å². The number of aliphatic hydroxyl groups excluding tert-OH is 1. The molecule has 1 aromatic rings. The molecule has 2 N–H and O–H groups in total. The van der Waals surface area contributed by atoms with Gasteiger partial charge < -0.3 is 10.4 Å². The van der Waals surface area contributed by atoms with Crippen molar-refractivity contribution in [2.75, 3.05) is 18.5 Å². The van der Waals surface area contributed by atoms with Crippen molar-refractivity contribution < 1.29 is 5.11 Å². The summed E-state index contributed by atoms with van der Waals surface area (Å²) in [4.78, 5) is 0. The summed E-state index contributed by atoms with van der Waals surface area (Å²) < 4.78 is 0. The van der Waals surface area contributed by atoms with Gasteiger partial charge in [-0.2, -0.15) is 0 Å². The molecule has 0 amide bonds. The molecule has 0 aromatic heterocycles. The maximum atomic E-state index is 8.62. The van der Waals surface area contributed by atoms with Crippen LogP contribution in [0, 0.1) is 6.92 Å². The Labute approximate surface area is 100 Å². The maximum absolute atomic E-state index is 8.62. The van der Waals surface area contributed by atoms with Gasteiger partial charge in [0, 0.05) is 18.2 Å². The van der Waals surface area contributed by atoms with Gasteiger partial charge in [-0.3, -0.25) is 0 Å². The highest BCUT2D eigenvalue weighted by Gasteiger charge is 2.03. The highest BCUT2D eigenvalue weighted by Crippen LogP contribution is 2.28. The number of benzene rings is 1. The molecule has 4 heteroatoms. The Balaban J connectivity index is 2.57. The van der Waals surface area contributed by atoms with E-state index in [0.717, 1.165) is 30.6 Å². The van der Waals surface area contributed by atoms with E-state index in [4.69, 9.17) is 28.3 Å². The molecule has 2 nitrogen and oxygen atoms in total. The smallest absolute Gasteiger partial charge is 0.0641 e. The third-order valence-electron chi connectivity index (χ3n) is 2.15. The van der Waals surface area contributed by atoms with Gasteiger partial charge in [0.1, 0.15) is 0 Å². The van der Waals surface area contributed by atoms with Crippen LogP contribution in [0.5, 0.6) is 0 Å². The zero-order valence-corrected chi connectivity index (χ0v) is 10.2. The van der Waals surface area contributed by atoms with Crippen molar-refractivity contribution in [2.45, 2.75) is 19.8 Å². The van der Waals surface area contributed by atoms with Gasteiger partial charge in [0.25, 0.3) is 0 Å². The fourth-order valence-corrected chi connectivity index (χ4v) is 1.69. The first-order chi connectivity index (χ1) is 7.15. The van der Waals surface area contributed by atoms with Crippen molar-refractivity contribution in [3.05, 3.63) is 27.7 Å². The van der Waals surface area contributed by atoms with Crippen molar-refractivity contribution in [2.24, 2.45) is 0 Å². The van der Waals surface area contributed by atoms with Gasteiger partial charge >= 0.3 is 0 Å². The summed E-state index contributed by atoms with van der Waals surface area (Å²) in [5.74, 6) is 0. The van der Waals surface area contributed by atoms with Gasteiger partial charge in [0.15, 0.2) is 0 Å². The molecule has 0 aliphatic heterocycles. The normalized spacial score (nSPS) is 10.4. The minimum atomic E-state index is 0.226. The fourth-order valence-electron chi connectivity index (χ4n) is 1.24. The molecule has 0 fully saturated rings. The highest BCUT2D eigenvalue weighted by atomic mass is 35.5. The number of rotatable bonds is 5. The van der Waals surface area contributed by atoms with E-state index in [1.54, 1.807) is 0 Å². The minimum absolute atomic E-state index is 0.226. The predicted molar refractivity (Wildman–Crippen MR) is 66.0 cm³/mol. The Morgan fingerprint density at radius 2 is 1.93 bits per heavy atom. The second kappa shape index (κ2) is 6.21. The molecular formula is C11H15Cl2NO. The van der Waals surface area contributed by atoms with Crippen LogP contribution in [0.25, 0.3) is 0 Å². The molecule has 84 valence electrons. The summed E-state index contributed by atoms with van der Waals surface area (Å²) in [7, 11) is 0. The molecule has 0 spiro atoms. The van der Waals surface area contributed by atoms with Crippen LogP contribution in [0.4, 0.5) is 5.69 Å². The molecular weight excluding hydrogens is 233 g/mol. The summed E-state index contributed by atoms with van der Waals surface area (Å²) in [5, 5.41) is 13.2. The van der Waals surface area contributed by atoms with E-state index in [9.17, 15) is 0 Å². The molecule has 0 saturated carbocycles. The molecule has 1 rings (SSSR count). The predicted octanol–water partition coefficient (Wildman–Crippen LogP) is 3.49.